The quantitative estimate of drug-likeness (QED) is 0.830. The minimum Gasteiger partial charge on any atom is -0.335 e. The van der Waals surface area contributed by atoms with Crippen molar-refractivity contribution in [3.05, 3.63) is 48.4 Å². The number of hydrogen-bond donors (Lipinski definition) is 1. The van der Waals surface area contributed by atoms with E-state index in [0.29, 0.717) is 30.6 Å². The Bertz CT molecular complexity index is 915. The summed E-state index contributed by atoms with van der Waals surface area (Å²) in [7, 11) is -3.45. The molecule has 1 aromatic heterocycles. The lowest BCUT2D eigenvalue weighted by atomic mass is 9.60. The van der Waals surface area contributed by atoms with E-state index >= 15 is 0 Å². The zero-order valence-electron chi connectivity index (χ0n) is 16.8. The summed E-state index contributed by atoms with van der Waals surface area (Å²) in [6.45, 7) is 2.33. The average Bonchev–Trinajstić information content (AvgIpc) is 3.30. The van der Waals surface area contributed by atoms with E-state index in [1.54, 1.807) is 4.31 Å². The van der Waals surface area contributed by atoms with E-state index in [1.807, 2.05) is 0 Å². The van der Waals surface area contributed by atoms with Gasteiger partial charge in [0.1, 0.15) is 0 Å². The fourth-order valence-corrected chi connectivity index (χ4v) is 7.29. The number of sulfonamides is 1. The standard InChI is InChI=1S/C22H30N4O2S/c27-29(28,20-15-23-17-24-20)25-13-9-19(10-14-25)26-16-22(11-5-2-6-12-22)21(26)18-7-3-1-4-8-18/h1,3-4,7-8,15,17,19,21H,2,5-6,9-14,16H2,(H,23,24). The maximum absolute atomic E-state index is 12.8. The summed E-state index contributed by atoms with van der Waals surface area (Å²) in [5.41, 5.74) is 1.87. The second-order valence-corrected chi connectivity index (χ2v) is 10.9. The van der Waals surface area contributed by atoms with Gasteiger partial charge in [-0.25, -0.2) is 13.4 Å². The molecule has 2 aromatic rings. The average molecular weight is 415 g/mol. The number of aromatic nitrogens is 2. The number of nitrogens with one attached hydrogen (secondary N) is 1. The lowest BCUT2D eigenvalue weighted by Gasteiger charge is -2.63. The van der Waals surface area contributed by atoms with Gasteiger partial charge in [0.25, 0.3) is 10.0 Å². The van der Waals surface area contributed by atoms with Crippen molar-refractivity contribution < 1.29 is 8.42 Å². The van der Waals surface area contributed by atoms with Crippen molar-refractivity contribution >= 4 is 10.0 Å². The molecule has 7 heteroatoms. The second kappa shape index (κ2) is 7.52. The highest BCUT2D eigenvalue weighted by Crippen LogP contribution is 2.58. The summed E-state index contributed by atoms with van der Waals surface area (Å²) in [6.07, 6.45) is 11.3. The van der Waals surface area contributed by atoms with Gasteiger partial charge in [0, 0.05) is 37.1 Å². The number of imidazole rings is 1. The van der Waals surface area contributed by atoms with Crippen molar-refractivity contribution in [3.63, 3.8) is 0 Å². The molecule has 1 saturated carbocycles. The van der Waals surface area contributed by atoms with Gasteiger partial charge in [0.2, 0.25) is 0 Å². The highest BCUT2D eigenvalue weighted by molar-refractivity contribution is 7.89. The Morgan fingerprint density at radius 3 is 2.41 bits per heavy atom. The van der Waals surface area contributed by atoms with Gasteiger partial charge in [-0.1, -0.05) is 49.6 Å². The zero-order valence-corrected chi connectivity index (χ0v) is 17.7. The smallest absolute Gasteiger partial charge is 0.260 e. The Morgan fingerprint density at radius 2 is 1.76 bits per heavy atom. The Morgan fingerprint density at radius 1 is 1.03 bits per heavy atom. The van der Waals surface area contributed by atoms with Crippen LogP contribution >= 0.6 is 0 Å². The minimum absolute atomic E-state index is 0.197. The first-order valence-corrected chi connectivity index (χ1v) is 12.3. The molecular weight excluding hydrogens is 384 g/mol. The van der Waals surface area contributed by atoms with Gasteiger partial charge in [-0.05, 0) is 31.2 Å². The topological polar surface area (TPSA) is 69.3 Å². The van der Waals surface area contributed by atoms with E-state index in [1.165, 1.54) is 56.7 Å². The number of likely N-dealkylation sites (tertiary alicyclic amines) is 1. The molecule has 2 aliphatic heterocycles. The number of aromatic amines is 1. The Labute approximate surface area is 173 Å². The van der Waals surface area contributed by atoms with Crippen LogP contribution in [0, 0.1) is 5.41 Å². The van der Waals surface area contributed by atoms with Crippen LogP contribution in [0.2, 0.25) is 0 Å². The molecule has 1 unspecified atom stereocenters. The van der Waals surface area contributed by atoms with Crippen LogP contribution in [0.15, 0.2) is 47.9 Å². The van der Waals surface area contributed by atoms with Gasteiger partial charge in [-0.3, -0.25) is 4.90 Å². The number of H-pyrrole nitrogens is 1. The van der Waals surface area contributed by atoms with Crippen LogP contribution in [0.3, 0.4) is 0 Å². The molecule has 0 bridgehead atoms. The Balaban J connectivity index is 1.31. The molecule has 0 amide bonds. The van der Waals surface area contributed by atoms with Crippen LogP contribution in [0.1, 0.15) is 56.6 Å². The van der Waals surface area contributed by atoms with E-state index in [9.17, 15) is 8.42 Å². The molecule has 0 radical (unpaired) electrons. The highest BCUT2D eigenvalue weighted by Gasteiger charge is 2.55. The van der Waals surface area contributed by atoms with E-state index in [-0.39, 0.29) is 5.03 Å². The maximum atomic E-state index is 12.8. The summed E-state index contributed by atoms with van der Waals surface area (Å²) in [4.78, 5) is 9.30. The van der Waals surface area contributed by atoms with Gasteiger partial charge in [0.15, 0.2) is 5.03 Å². The van der Waals surface area contributed by atoms with E-state index in [2.05, 4.69) is 45.2 Å². The molecule has 3 heterocycles. The first kappa shape index (κ1) is 19.3. The van der Waals surface area contributed by atoms with Crippen LogP contribution in [0.4, 0.5) is 0 Å². The maximum Gasteiger partial charge on any atom is 0.260 e. The molecule has 1 aliphatic carbocycles. The summed E-state index contributed by atoms with van der Waals surface area (Å²) < 4.78 is 27.2. The Kier molecular flexibility index (Phi) is 5.00. The van der Waals surface area contributed by atoms with Gasteiger partial charge < -0.3 is 4.98 Å². The SMILES string of the molecule is O=S(=O)(c1cnc[nH]1)N1CCC(N2CC3(CCCCC3)C2c2ccccc2)CC1. The Hall–Kier alpha value is -1.70. The fourth-order valence-electron chi connectivity index (χ4n) is 5.93. The van der Waals surface area contributed by atoms with Crippen LogP contribution < -0.4 is 0 Å². The van der Waals surface area contributed by atoms with Gasteiger partial charge in [-0.2, -0.15) is 4.31 Å². The number of hydrogen-bond acceptors (Lipinski definition) is 4. The lowest BCUT2D eigenvalue weighted by molar-refractivity contribution is -0.131. The second-order valence-electron chi connectivity index (χ2n) is 8.96. The summed E-state index contributed by atoms with van der Waals surface area (Å²) >= 11 is 0. The molecule has 1 N–H and O–H groups in total. The predicted molar refractivity (Wildman–Crippen MR) is 112 cm³/mol. The molecule has 6 nitrogen and oxygen atoms in total. The van der Waals surface area contributed by atoms with E-state index in [0.717, 1.165) is 12.8 Å². The van der Waals surface area contributed by atoms with Gasteiger partial charge in [-0.15, -0.1) is 0 Å². The third-order valence-electron chi connectivity index (χ3n) is 7.36. The molecule has 5 rings (SSSR count). The summed E-state index contributed by atoms with van der Waals surface area (Å²) in [5, 5.41) is 0.197. The molecule has 2 saturated heterocycles. The molecule has 1 atom stereocenters. The number of nitrogens with zero attached hydrogens (tertiary/aromatic N) is 3. The van der Waals surface area contributed by atoms with E-state index < -0.39 is 10.0 Å². The largest absolute Gasteiger partial charge is 0.335 e. The third-order valence-corrected chi connectivity index (χ3v) is 9.18. The van der Waals surface area contributed by atoms with E-state index in [4.69, 9.17) is 0 Å². The monoisotopic (exact) mass is 414 g/mol. The molecule has 156 valence electrons. The zero-order chi connectivity index (χ0) is 19.9. The normalized spacial score (nSPS) is 26.4. The summed E-state index contributed by atoms with van der Waals surface area (Å²) in [6, 6.07) is 11.9. The fraction of sp³-hybridized carbons (Fsp3) is 0.591. The predicted octanol–water partition coefficient (Wildman–Crippen LogP) is 3.57. The van der Waals surface area contributed by atoms with Crippen molar-refractivity contribution in [1.29, 1.82) is 0 Å². The molecular formula is C22H30N4O2S. The molecule has 1 spiro atoms. The van der Waals surface area contributed by atoms with Crippen molar-refractivity contribution in [3.8, 4) is 0 Å². The third kappa shape index (κ3) is 3.33. The molecule has 29 heavy (non-hydrogen) atoms. The van der Waals surface area contributed by atoms with Crippen molar-refractivity contribution in [1.82, 2.24) is 19.2 Å². The van der Waals surface area contributed by atoms with Gasteiger partial charge >= 0.3 is 0 Å². The van der Waals surface area contributed by atoms with Crippen LogP contribution in [-0.2, 0) is 10.0 Å². The van der Waals surface area contributed by atoms with Crippen LogP contribution in [0.25, 0.3) is 0 Å². The van der Waals surface area contributed by atoms with Crippen LogP contribution in [0.5, 0.6) is 0 Å². The highest BCUT2D eigenvalue weighted by atomic mass is 32.2. The van der Waals surface area contributed by atoms with Crippen LogP contribution in [-0.4, -0.2) is 53.3 Å². The number of rotatable bonds is 4. The van der Waals surface area contributed by atoms with Crippen molar-refractivity contribution in [2.24, 2.45) is 5.41 Å². The first-order valence-electron chi connectivity index (χ1n) is 10.9. The minimum atomic E-state index is -3.45. The summed E-state index contributed by atoms with van der Waals surface area (Å²) in [5.74, 6) is 0. The van der Waals surface area contributed by atoms with Gasteiger partial charge in [0.05, 0.1) is 12.5 Å². The number of benzene rings is 1. The molecule has 3 fully saturated rings. The van der Waals surface area contributed by atoms with Crippen molar-refractivity contribution in [2.45, 2.75) is 62.1 Å². The molecule has 1 aromatic carbocycles. The lowest BCUT2D eigenvalue weighted by Crippen LogP contribution is -2.63. The molecule has 3 aliphatic rings. The number of piperidine rings is 1. The first-order chi connectivity index (χ1) is 14.1. The van der Waals surface area contributed by atoms with Crippen molar-refractivity contribution in [2.75, 3.05) is 19.6 Å².